The van der Waals surface area contributed by atoms with Crippen LogP contribution in [0.15, 0.2) is 18.2 Å². The van der Waals surface area contributed by atoms with Crippen LogP contribution in [-0.4, -0.2) is 26.7 Å². The van der Waals surface area contributed by atoms with E-state index in [1.54, 1.807) is 14.2 Å². The molecule has 98 valence electrons. The summed E-state index contributed by atoms with van der Waals surface area (Å²) in [5.74, 6) is 2.09. The fraction of sp³-hybridized carbons (Fsp3) is 0.500. The van der Waals surface area contributed by atoms with Crippen molar-refractivity contribution in [3.8, 4) is 11.5 Å². The van der Waals surface area contributed by atoms with Crippen LogP contribution >= 0.6 is 0 Å². The van der Waals surface area contributed by atoms with Gasteiger partial charge in [-0.15, -0.1) is 0 Å². The number of nitrogens with one attached hydrogen (secondary N) is 1. The van der Waals surface area contributed by atoms with Crippen molar-refractivity contribution in [1.29, 1.82) is 0 Å². The Kier molecular flexibility index (Phi) is 4.07. The largest absolute Gasteiger partial charge is 0.493 e. The lowest BCUT2D eigenvalue weighted by molar-refractivity contribution is -0.110. The molecule has 1 atom stereocenters. The molecule has 0 heterocycles. The first-order chi connectivity index (χ1) is 8.78. The number of carbonyl (C=O) groups is 1. The number of amides is 1. The van der Waals surface area contributed by atoms with E-state index >= 15 is 0 Å². The summed E-state index contributed by atoms with van der Waals surface area (Å²) in [4.78, 5) is 10.6. The highest BCUT2D eigenvalue weighted by Gasteiger charge is 2.30. The predicted molar refractivity (Wildman–Crippen MR) is 69.0 cm³/mol. The number of carbonyl (C=O) groups excluding carboxylic acids is 1. The Morgan fingerprint density at radius 2 is 2.06 bits per heavy atom. The Balaban J connectivity index is 2.09. The molecule has 0 radical (unpaired) electrons. The third-order valence-electron chi connectivity index (χ3n) is 3.38. The zero-order valence-electron chi connectivity index (χ0n) is 10.8. The van der Waals surface area contributed by atoms with E-state index in [-0.39, 0.29) is 6.04 Å². The molecule has 2 rings (SSSR count). The zero-order chi connectivity index (χ0) is 13.0. The second-order valence-corrected chi connectivity index (χ2v) is 4.62. The maximum Gasteiger partial charge on any atom is 0.207 e. The fourth-order valence-electron chi connectivity index (χ4n) is 2.21. The Morgan fingerprint density at radius 3 is 2.61 bits per heavy atom. The lowest BCUT2D eigenvalue weighted by Gasteiger charge is -2.16. The molecule has 1 aliphatic rings. The van der Waals surface area contributed by atoms with Gasteiger partial charge in [0.25, 0.3) is 0 Å². The van der Waals surface area contributed by atoms with Crippen LogP contribution in [-0.2, 0) is 11.2 Å². The smallest absolute Gasteiger partial charge is 0.207 e. The molecule has 1 saturated carbocycles. The van der Waals surface area contributed by atoms with E-state index in [0.29, 0.717) is 5.92 Å². The molecule has 1 amide bonds. The van der Waals surface area contributed by atoms with Crippen molar-refractivity contribution >= 4 is 6.41 Å². The molecular formula is C14H19NO3. The summed E-state index contributed by atoms with van der Waals surface area (Å²) in [5, 5.41) is 2.91. The first-order valence-electron chi connectivity index (χ1n) is 6.19. The highest BCUT2D eigenvalue weighted by Crippen LogP contribution is 2.35. The van der Waals surface area contributed by atoms with Gasteiger partial charge in [0, 0.05) is 6.04 Å². The molecule has 1 N–H and O–H groups in total. The molecule has 1 aromatic rings. The third-order valence-corrected chi connectivity index (χ3v) is 3.38. The Morgan fingerprint density at radius 1 is 1.33 bits per heavy atom. The number of benzene rings is 1. The van der Waals surface area contributed by atoms with Crippen LogP contribution in [0.5, 0.6) is 11.5 Å². The minimum absolute atomic E-state index is 0.237. The first kappa shape index (κ1) is 12.7. The van der Waals surface area contributed by atoms with Crippen molar-refractivity contribution in [2.45, 2.75) is 25.3 Å². The van der Waals surface area contributed by atoms with Gasteiger partial charge in [-0.25, -0.2) is 0 Å². The summed E-state index contributed by atoms with van der Waals surface area (Å²) in [6, 6.07) is 6.13. The van der Waals surface area contributed by atoms with Crippen molar-refractivity contribution < 1.29 is 14.3 Å². The van der Waals surface area contributed by atoms with Crippen LogP contribution in [0.3, 0.4) is 0 Å². The number of hydrogen-bond donors (Lipinski definition) is 1. The van der Waals surface area contributed by atoms with E-state index in [1.165, 1.54) is 12.8 Å². The van der Waals surface area contributed by atoms with E-state index in [1.807, 2.05) is 18.2 Å². The molecule has 4 nitrogen and oxygen atoms in total. The summed E-state index contributed by atoms with van der Waals surface area (Å²) in [6.07, 6.45) is 4.05. The molecule has 0 unspecified atom stereocenters. The Hall–Kier alpha value is -1.71. The fourth-order valence-corrected chi connectivity index (χ4v) is 2.21. The Labute approximate surface area is 107 Å². The number of ether oxygens (including phenoxy) is 2. The van der Waals surface area contributed by atoms with Gasteiger partial charge in [0.1, 0.15) is 0 Å². The summed E-state index contributed by atoms with van der Waals surface area (Å²) >= 11 is 0. The molecular weight excluding hydrogens is 230 g/mol. The standard InChI is InChI=1S/C14H19NO3/c1-17-13-6-3-10(8-14(13)18-2)7-12(15-9-16)11-4-5-11/h3,6,8-9,11-12H,4-5,7H2,1-2H3,(H,15,16)/t12-/m1/s1. The molecule has 4 heteroatoms. The average Bonchev–Trinajstić information content (AvgIpc) is 3.22. The Bertz CT molecular complexity index is 416. The van der Waals surface area contributed by atoms with Crippen molar-refractivity contribution in [2.24, 2.45) is 5.92 Å². The summed E-state index contributed by atoms with van der Waals surface area (Å²) in [6.45, 7) is 0. The van der Waals surface area contributed by atoms with Crippen LogP contribution in [0.4, 0.5) is 0 Å². The van der Waals surface area contributed by atoms with Gasteiger partial charge in [-0.3, -0.25) is 4.79 Å². The van der Waals surface area contributed by atoms with Crippen molar-refractivity contribution in [1.82, 2.24) is 5.32 Å². The summed E-state index contributed by atoms with van der Waals surface area (Å²) in [7, 11) is 3.25. The van der Waals surface area contributed by atoms with Crippen molar-refractivity contribution in [3.05, 3.63) is 23.8 Å². The molecule has 0 spiro atoms. The quantitative estimate of drug-likeness (QED) is 0.749. The van der Waals surface area contributed by atoms with Gasteiger partial charge in [-0.2, -0.15) is 0 Å². The SMILES string of the molecule is COc1ccc(C[C@@H](NC=O)C2CC2)cc1OC. The van der Waals surface area contributed by atoms with Gasteiger partial charge in [0.05, 0.1) is 14.2 Å². The van der Waals surface area contributed by atoms with Gasteiger partial charge < -0.3 is 14.8 Å². The normalized spacial score (nSPS) is 15.9. The van der Waals surface area contributed by atoms with Gasteiger partial charge in [-0.05, 0) is 42.9 Å². The number of hydrogen-bond acceptors (Lipinski definition) is 3. The predicted octanol–water partition coefficient (Wildman–Crippen LogP) is 1.77. The van der Waals surface area contributed by atoms with Gasteiger partial charge in [0.2, 0.25) is 6.41 Å². The molecule has 18 heavy (non-hydrogen) atoms. The highest BCUT2D eigenvalue weighted by molar-refractivity contribution is 5.48. The summed E-state index contributed by atoms with van der Waals surface area (Å²) < 4.78 is 10.5. The lowest BCUT2D eigenvalue weighted by Crippen LogP contribution is -2.31. The second kappa shape index (κ2) is 5.76. The maximum absolute atomic E-state index is 10.6. The molecule has 1 aliphatic carbocycles. The van der Waals surface area contributed by atoms with Crippen LogP contribution in [0.25, 0.3) is 0 Å². The molecule has 0 aromatic heterocycles. The van der Waals surface area contributed by atoms with Crippen LogP contribution < -0.4 is 14.8 Å². The average molecular weight is 249 g/mol. The number of methoxy groups -OCH3 is 2. The second-order valence-electron chi connectivity index (χ2n) is 4.62. The van der Waals surface area contributed by atoms with E-state index in [2.05, 4.69) is 5.32 Å². The van der Waals surface area contributed by atoms with Crippen LogP contribution in [0, 0.1) is 5.92 Å². The van der Waals surface area contributed by atoms with E-state index in [0.717, 1.165) is 29.9 Å². The van der Waals surface area contributed by atoms with Crippen LogP contribution in [0.1, 0.15) is 18.4 Å². The van der Waals surface area contributed by atoms with Gasteiger partial charge in [-0.1, -0.05) is 6.07 Å². The number of rotatable bonds is 7. The van der Waals surface area contributed by atoms with Crippen molar-refractivity contribution in [2.75, 3.05) is 14.2 Å². The van der Waals surface area contributed by atoms with Crippen LogP contribution in [0.2, 0.25) is 0 Å². The van der Waals surface area contributed by atoms with Gasteiger partial charge >= 0.3 is 0 Å². The van der Waals surface area contributed by atoms with E-state index < -0.39 is 0 Å². The molecule has 0 aliphatic heterocycles. The monoisotopic (exact) mass is 249 g/mol. The highest BCUT2D eigenvalue weighted by atomic mass is 16.5. The van der Waals surface area contributed by atoms with E-state index in [4.69, 9.17) is 9.47 Å². The maximum atomic E-state index is 10.6. The molecule has 0 saturated heterocycles. The minimum atomic E-state index is 0.237. The van der Waals surface area contributed by atoms with Crippen molar-refractivity contribution in [3.63, 3.8) is 0 Å². The minimum Gasteiger partial charge on any atom is -0.493 e. The summed E-state index contributed by atoms with van der Waals surface area (Å²) in [5.41, 5.74) is 1.15. The lowest BCUT2D eigenvalue weighted by atomic mass is 10.0. The van der Waals surface area contributed by atoms with E-state index in [9.17, 15) is 4.79 Å². The third kappa shape index (κ3) is 2.94. The zero-order valence-corrected chi connectivity index (χ0v) is 10.8. The topological polar surface area (TPSA) is 47.6 Å². The molecule has 1 aromatic carbocycles. The van der Waals surface area contributed by atoms with Gasteiger partial charge in [0.15, 0.2) is 11.5 Å². The molecule has 1 fully saturated rings. The molecule has 0 bridgehead atoms. The first-order valence-corrected chi connectivity index (χ1v) is 6.19.